The van der Waals surface area contributed by atoms with Crippen molar-refractivity contribution in [3.63, 3.8) is 0 Å². The zero-order valence-corrected chi connectivity index (χ0v) is 19.4. The number of sulfonamides is 1. The summed E-state index contributed by atoms with van der Waals surface area (Å²) in [5.41, 5.74) is -1.33. The zero-order chi connectivity index (χ0) is 25.1. The van der Waals surface area contributed by atoms with Gasteiger partial charge in [0, 0.05) is 19.7 Å². The van der Waals surface area contributed by atoms with Crippen molar-refractivity contribution >= 4 is 27.4 Å². The summed E-state index contributed by atoms with van der Waals surface area (Å²) in [6.45, 7) is 3.35. The summed E-state index contributed by atoms with van der Waals surface area (Å²) in [6.07, 6.45) is -3.40. The maximum Gasteiger partial charge on any atom is 0.416 e. The van der Waals surface area contributed by atoms with Gasteiger partial charge in [0.1, 0.15) is 10.6 Å². The van der Waals surface area contributed by atoms with Crippen LogP contribution in [0.15, 0.2) is 41.3 Å². The van der Waals surface area contributed by atoms with Gasteiger partial charge in [0.15, 0.2) is 0 Å². The minimum atomic E-state index is -4.69. The minimum absolute atomic E-state index is 0.0267. The molecule has 0 unspecified atom stereocenters. The van der Waals surface area contributed by atoms with Crippen molar-refractivity contribution in [2.24, 2.45) is 0 Å². The number of anilines is 2. The zero-order valence-electron chi connectivity index (χ0n) is 18.6. The normalized spacial score (nSPS) is 15.3. The molecule has 2 aromatic carbocycles. The van der Waals surface area contributed by atoms with E-state index in [4.69, 9.17) is 9.47 Å². The Morgan fingerprint density at radius 1 is 1.18 bits per heavy atom. The van der Waals surface area contributed by atoms with E-state index in [1.165, 1.54) is 25.3 Å². The monoisotopic (exact) mass is 502 g/mol. The molecule has 2 N–H and O–H groups in total. The number of carboxylic acids is 1. The van der Waals surface area contributed by atoms with Crippen LogP contribution in [-0.4, -0.2) is 52.4 Å². The predicted molar refractivity (Wildman–Crippen MR) is 119 cm³/mol. The van der Waals surface area contributed by atoms with Gasteiger partial charge in [-0.15, -0.1) is 0 Å². The number of hydrogen-bond acceptors (Lipinski definition) is 6. The average molecular weight is 503 g/mol. The summed E-state index contributed by atoms with van der Waals surface area (Å²) in [5.74, 6) is -1.51. The molecule has 1 saturated heterocycles. The number of nitrogens with one attached hydrogen (secondary N) is 1. The van der Waals surface area contributed by atoms with E-state index in [2.05, 4.69) is 4.72 Å². The standard InChI is InChI=1S/C22H25F3N2O6S/c1-3-33-16-8-10-27(11-9-16)18-6-5-15(22(23,24)25)13-17(18)26-34(30,31)20-12-14(21(28)29)4-7-19(20)32-2/h4-7,12-13,16,26H,3,8-11H2,1-2H3,(H,28,29). The molecule has 1 aliphatic rings. The molecule has 0 saturated carbocycles. The van der Waals surface area contributed by atoms with Crippen molar-refractivity contribution in [2.45, 2.75) is 36.9 Å². The van der Waals surface area contributed by atoms with Crippen LogP contribution in [0.5, 0.6) is 5.75 Å². The number of alkyl halides is 3. The Labute approximate surface area is 195 Å². The first-order valence-corrected chi connectivity index (χ1v) is 12.0. The summed E-state index contributed by atoms with van der Waals surface area (Å²) in [7, 11) is -3.31. The number of halogens is 3. The van der Waals surface area contributed by atoms with Gasteiger partial charge in [0.05, 0.1) is 35.7 Å². The molecule has 186 valence electrons. The van der Waals surface area contributed by atoms with E-state index >= 15 is 0 Å². The fourth-order valence-electron chi connectivity index (χ4n) is 3.79. The van der Waals surface area contributed by atoms with E-state index in [0.29, 0.717) is 32.5 Å². The first-order chi connectivity index (χ1) is 16.0. The van der Waals surface area contributed by atoms with E-state index in [-0.39, 0.29) is 28.8 Å². The number of aromatic carboxylic acids is 1. The van der Waals surface area contributed by atoms with E-state index in [9.17, 15) is 31.5 Å². The molecule has 34 heavy (non-hydrogen) atoms. The third kappa shape index (κ3) is 5.73. The van der Waals surface area contributed by atoms with Gasteiger partial charge in [-0.05, 0) is 56.2 Å². The summed E-state index contributed by atoms with van der Waals surface area (Å²) in [4.78, 5) is 12.6. The van der Waals surface area contributed by atoms with Crippen LogP contribution in [-0.2, 0) is 20.9 Å². The molecule has 0 amide bonds. The minimum Gasteiger partial charge on any atom is -0.495 e. The van der Waals surface area contributed by atoms with Crippen LogP contribution < -0.4 is 14.4 Å². The van der Waals surface area contributed by atoms with Crippen molar-refractivity contribution in [1.29, 1.82) is 0 Å². The summed E-state index contributed by atoms with van der Waals surface area (Å²) in [5, 5.41) is 9.23. The van der Waals surface area contributed by atoms with Crippen molar-refractivity contribution in [3.05, 3.63) is 47.5 Å². The van der Waals surface area contributed by atoms with Crippen LogP contribution in [0.2, 0.25) is 0 Å². The number of hydrogen-bond donors (Lipinski definition) is 2. The van der Waals surface area contributed by atoms with Gasteiger partial charge < -0.3 is 19.5 Å². The fraction of sp³-hybridized carbons (Fsp3) is 0.409. The SMILES string of the molecule is CCOC1CCN(c2ccc(C(F)(F)F)cc2NS(=O)(=O)c2cc(C(=O)O)ccc2OC)CC1. The van der Waals surface area contributed by atoms with Crippen LogP contribution >= 0.6 is 0 Å². The summed E-state index contributed by atoms with van der Waals surface area (Å²) in [6, 6.07) is 6.08. The number of piperidine rings is 1. The second-order valence-electron chi connectivity index (χ2n) is 7.65. The predicted octanol–water partition coefficient (Wildman–Crippen LogP) is 4.22. The Morgan fingerprint density at radius 2 is 1.85 bits per heavy atom. The van der Waals surface area contributed by atoms with Gasteiger partial charge >= 0.3 is 12.1 Å². The molecule has 2 aromatic rings. The first-order valence-electron chi connectivity index (χ1n) is 10.5. The highest BCUT2D eigenvalue weighted by Gasteiger charge is 2.33. The molecule has 0 aliphatic carbocycles. The quantitative estimate of drug-likeness (QED) is 0.557. The molecule has 0 bridgehead atoms. The average Bonchev–Trinajstić information content (AvgIpc) is 2.78. The smallest absolute Gasteiger partial charge is 0.416 e. The van der Waals surface area contributed by atoms with Crippen LogP contribution in [0.1, 0.15) is 35.7 Å². The van der Waals surface area contributed by atoms with Crippen LogP contribution in [0.3, 0.4) is 0 Å². The largest absolute Gasteiger partial charge is 0.495 e. The lowest BCUT2D eigenvalue weighted by molar-refractivity contribution is -0.137. The molecule has 0 spiro atoms. The van der Waals surface area contributed by atoms with Crippen LogP contribution in [0.4, 0.5) is 24.5 Å². The number of carboxylic acid groups (broad SMARTS) is 1. The van der Waals surface area contributed by atoms with Gasteiger partial charge in [-0.1, -0.05) is 0 Å². The Morgan fingerprint density at radius 3 is 2.41 bits per heavy atom. The van der Waals surface area contributed by atoms with Crippen molar-refractivity contribution in [1.82, 2.24) is 0 Å². The number of carbonyl (C=O) groups is 1. The van der Waals surface area contributed by atoms with E-state index in [1.807, 2.05) is 6.92 Å². The number of ether oxygens (including phenoxy) is 2. The van der Waals surface area contributed by atoms with Crippen molar-refractivity contribution in [2.75, 3.05) is 36.4 Å². The number of methoxy groups -OCH3 is 1. The molecule has 1 aliphatic heterocycles. The lowest BCUT2D eigenvalue weighted by Gasteiger charge is -2.34. The van der Waals surface area contributed by atoms with Gasteiger partial charge in [-0.25, -0.2) is 13.2 Å². The number of rotatable bonds is 8. The Balaban J connectivity index is 2.02. The van der Waals surface area contributed by atoms with E-state index in [0.717, 1.165) is 18.2 Å². The summed E-state index contributed by atoms with van der Waals surface area (Å²) >= 11 is 0. The van der Waals surface area contributed by atoms with Gasteiger partial charge in [0.2, 0.25) is 0 Å². The highest BCUT2D eigenvalue weighted by atomic mass is 32.2. The molecule has 1 fully saturated rings. The maximum atomic E-state index is 13.4. The van der Waals surface area contributed by atoms with Crippen LogP contribution in [0, 0.1) is 0 Å². The molecular weight excluding hydrogens is 477 g/mol. The van der Waals surface area contributed by atoms with Gasteiger partial charge in [0.25, 0.3) is 10.0 Å². The Kier molecular flexibility index (Phi) is 7.61. The first kappa shape index (κ1) is 25.6. The third-order valence-corrected chi connectivity index (χ3v) is 6.84. The molecule has 3 rings (SSSR count). The van der Waals surface area contributed by atoms with E-state index < -0.39 is 32.6 Å². The lowest BCUT2D eigenvalue weighted by Crippen LogP contribution is -2.37. The van der Waals surface area contributed by atoms with Crippen LogP contribution in [0.25, 0.3) is 0 Å². The van der Waals surface area contributed by atoms with Gasteiger partial charge in [-0.3, -0.25) is 4.72 Å². The maximum absolute atomic E-state index is 13.4. The lowest BCUT2D eigenvalue weighted by atomic mass is 10.1. The van der Waals surface area contributed by atoms with Crippen molar-refractivity contribution < 1.29 is 41.0 Å². The molecule has 8 nitrogen and oxygen atoms in total. The molecule has 1 heterocycles. The van der Waals surface area contributed by atoms with E-state index in [1.54, 1.807) is 4.90 Å². The molecule has 0 radical (unpaired) electrons. The fourth-order valence-corrected chi connectivity index (χ4v) is 5.05. The van der Waals surface area contributed by atoms with Gasteiger partial charge in [-0.2, -0.15) is 13.2 Å². The molecule has 0 aromatic heterocycles. The highest BCUT2D eigenvalue weighted by molar-refractivity contribution is 7.92. The Bertz CT molecular complexity index is 1150. The number of benzene rings is 2. The third-order valence-electron chi connectivity index (χ3n) is 5.45. The number of nitrogens with zero attached hydrogens (tertiary/aromatic N) is 1. The molecule has 0 atom stereocenters. The second-order valence-corrected chi connectivity index (χ2v) is 9.30. The second kappa shape index (κ2) is 10.1. The molecular formula is C22H25F3N2O6S. The van der Waals surface area contributed by atoms with Crippen molar-refractivity contribution in [3.8, 4) is 5.75 Å². The molecule has 12 heteroatoms. The summed E-state index contributed by atoms with van der Waals surface area (Å²) < 4.78 is 79.4. The topological polar surface area (TPSA) is 105 Å². The Hall–Kier alpha value is -2.99. The highest BCUT2D eigenvalue weighted by Crippen LogP contribution is 2.38.